The summed E-state index contributed by atoms with van der Waals surface area (Å²) in [4.78, 5) is 11.9. The van der Waals surface area contributed by atoms with Crippen LogP contribution in [0.1, 0.15) is 11.5 Å². The van der Waals surface area contributed by atoms with Gasteiger partial charge in [0.05, 0.1) is 33.0 Å². The van der Waals surface area contributed by atoms with E-state index in [2.05, 4.69) is 0 Å². The first-order chi connectivity index (χ1) is 8.33. The Kier molecular flexibility index (Phi) is 4.12. The number of hydrogen-bond donors (Lipinski definition) is 0. The maximum atomic E-state index is 11.9. The van der Waals surface area contributed by atoms with Gasteiger partial charge in [-0.2, -0.15) is 0 Å². The van der Waals surface area contributed by atoms with Crippen LogP contribution in [0.3, 0.4) is 0 Å². The van der Waals surface area contributed by atoms with Gasteiger partial charge in [-0.05, 0) is 5.56 Å². The van der Waals surface area contributed by atoms with E-state index in [1.54, 1.807) is 0 Å². The third-order valence-electron chi connectivity index (χ3n) is 2.83. The summed E-state index contributed by atoms with van der Waals surface area (Å²) < 4.78 is 15.8. The number of ether oxygens (including phenoxy) is 3. The van der Waals surface area contributed by atoms with Gasteiger partial charge in [0.25, 0.3) is 0 Å². The fourth-order valence-electron chi connectivity index (χ4n) is 1.99. The number of esters is 1. The van der Waals surface area contributed by atoms with E-state index in [9.17, 15) is 4.79 Å². The van der Waals surface area contributed by atoms with Gasteiger partial charge in [0, 0.05) is 0 Å². The van der Waals surface area contributed by atoms with Crippen LogP contribution in [0.15, 0.2) is 30.3 Å². The van der Waals surface area contributed by atoms with Gasteiger partial charge in [0.15, 0.2) is 0 Å². The SMILES string of the molecule is COC(=O)[C@@H](c1ccccc1)[C@H]1COCCO1. The quantitative estimate of drug-likeness (QED) is 0.743. The van der Waals surface area contributed by atoms with Crippen molar-refractivity contribution < 1.29 is 19.0 Å². The van der Waals surface area contributed by atoms with Gasteiger partial charge in [-0.3, -0.25) is 4.79 Å². The molecule has 0 aromatic heterocycles. The Balaban J connectivity index is 2.21. The van der Waals surface area contributed by atoms with Crippen LogP contribution in [0.5, 0.6) is 0 Å². The summed E-state index contributed by atoms with van der Waals surface area (Å²) in [6, 6.07) is 9.51. The van der Waals surface area contributed by atoms with Crippen molar-refractivity contribution >= 4 is 5.97 Å². The molecular weight excluding hydrogens is 220 g/mol. The lowest BCUT2D eigenvalue weighted by Gasteiger charge is -2.29. The molecule has 4 nitrogen and oxygen atoms in total. The van der Waals surface area contributed by atoms with E-state index >= 15 is 0 Å². The topological polar surface area (TPSA) is 44.8 Å². The molecule has 0 spiro atoms. The molecule has 17 heavy (non-hydrogen) atoms. The number of hydrogen-bond acceptors (Lipinski definition) is 4. The maximum Gasteiger partial charge on any atom is 0.315 e. The molecular formula is C13H16O4. The molecule has 1 saturated heterocycles. The van der Waals surface area contributed by atoms with Crippen LogP contribution in [0.2, 0.25) is 0 Å². The minimum absolute atomic E-state index is 0.265. The Labute approximate surface area is 100 Å². The molecule has 4 heteroatoms. The molecule has 1 aromatic carbocycles. The number of methoxy groups -OCH3 is 1. The van der Waals surface area contributed by atoms with Crippen molar-refractivity contribution in [3.05, 3.63) is 35.9 Å². The van der Waals surface area contributed by atoms with Crippen LogP contribution in [0.4, 0.5) is 0 Å². The summed E-state index contributed by atoms with van der Waals surface area (Å²) in [7, 11) is 1.39. The third kappa shape index (κ3) is 2.84. The van der Waals surface area contributed by atoms with Crippen LogP contribution in [0, 0.1) is 0 Å². The summed E-state index contributed by atoms with van der Waals surface area (Å²) in [5, 5.41) is 0. The van der Waals surface area contributed by atoms with E-state index in [1.807, 2.05) is 30.3 Å². The van der Waals surface area contributed by atoms with Crippen molar-refractivity contribution in [3.8, 4) is 0 Å². The van der Waals surface area contributed by atoms with E-state index in [4.69, 9.17) is 14.2 Å². The molecule has 0 saturated carbocycles. The van der Waals surface area contributed by atoms with Crippen LogP contribution in [-0.2, 0) is 19.0 Å². The fraction of sp³-hybridized carbons (Fsp3) is 0.462. The van der Waals surface area contributed by atoms with Crippen molar-refractivity contribution in [1.82, 2.24) is 0 Å². The predicted molar refractivity (Wildman–Crippen MR) is 61.8 cm³/mol. The van der Waals surface area contributed by atoms with E-state index in [1.165, 1.54) is 7.11 Å². The van der Waals surface area contributed by atoms with Crippen LogP contribution in [0.25, 0.3) is 0 Å². The van der Waals surface area contributed by atoms with Crippen molar-refractivity contribution in [3.63, 3.8) is 0 Å². The Morgan fingerprint density at radius 3 is 2.71 bits per heavy atom. The maximum absolute atomic E-state index is 11.9. The lowest BCUT2D eigenvalue weighted by Crippen LogP contribution is -2.37. The minimum Gasteiger partial charge on any atom is -0.468 e. The van der Waals surface area contributed by atoms with E-state index in [0.717, 1.165) is 5.56 Å². The summed E-state index contributed by atoms with van der Waals surface area (Å²) in [5.41, 5.74) is 0.898. The molecule has 1 aliphatic rings. The van der Waals surface area contributed by atoms with Gasteiger partial charge in [-0.25, -0.2) is 0 Å². The summed E-state index contributed by atoms with van der Waals surface area (Å²) in [6.45, 7) is 1.53. The highest BCUT2D eigenvalue weighted by atomic mass is 16.6. The molecule has 1 aliphatic heterocycles. The summed E-state index contributed by atoms with van der Waals surface area (Å²) in [6.07, 6.45) is -0.265. The number of carbonyl (C=O) groups excluding carboxylic acids is 1. The number of carbonyl (C=O) groups is 1. The lowest BCUT2D eigenvalue weighted by atomic mass is 9.93. The van der Waals surface area contributed by atoms with Gasteiger partial charge in [-0.1, -0.05) is 30.3 Å². The molecule has 0 N–H and O–H groups in total. The summed E-state index contributed by atoms with van der Waals surface area (Å²) in [5.74, 6) is -0.701. The molecule has 2 atom stereocenters. The molecule has 0 amide bonds. The standard InChI is InChI=1S/C13H16O4/c1-15-13(14)12(10-5-3-2-4-6-10)11-9-16-7-8-17-11/h2-6,11-12H,7-9H2,1H3/t11-,12+/m1/s1. The van der Waals surface area contributed by atoms with Gasteiger partial charge < -0.3 is 14.2 Å². The second-order valence-electron chi connectivity index (χ2n) is 3.90. The largest absolute Gasteiger partial charge is 0.468 e. The van der Waals surface area contributed by atoms with Gasteiger partial charge in [0.2, 0.25) is 0 Å². The minimum atomic E-state index is -0.415. The van der Waals surface area contributed by atoms with Crippen LogP contribution < -0.4 is 0 Å². The van der Waals surface area contributed by atoms with Gasteiger partial charge in [0.1, 0.15) is 5.92 Å². The first kappa shape index (κ1) is 12.1. The molecule has 1 heterocycles. The highest BCUT2D eigenvalue weighted by molar-refractivity contribution is 5.78. The normalized spacial score (nSPS) is 21.8. The molecule has 0 aliphatic carbocycles. The first-order valence-corrected chi connectivity index (χ1v) is 5.65. The molecule has 1 fully saturated rings. The average molecular weight is 236 g/mol. The second kappa shape index (κ2) is 5.80. The average Bonchev–Trinajstić information content (AvgIpc) is 2.41. The van der Waals surface area contributed by atoms with Crippen LogP contribution in [-0.4, -0.2) is 39.0 Å². The zero-order valence-corrected chi connectivity index (χ0v) is 9.80. The van der Waals surface area contributed by atoms with E-state index in [0.29, 0.717) is 19.8 Å². The molecule has 0 unspecified atom stereocenters. The number of benzene rings is 1. The Morgan fingerprint density at radius 1 is 1.35 bits per heavy atom. The highest BCUT2D eigenvalue weighted by Crippen LogP contribution is 2.25. The molecule has 0 radical (unpaired) electrons. The zero-order chi connectivity index (χ0) is 12.1. The van der Waals surface area contributed by atoms with Crippen molar-refractivity contribution in [2.45, 2.75) is 12.0 Å². The van der Waals surface area contributed by atoms with Crippen molar-refractivity contribution in [2.24, 2.45) is 0 Å². The predicted octanol–water partition coefficient (Wildman–Crippen LogP) is 1.36. The zero-order valence-electron chi connectivity index (χ0n) is 9.80. The lowest BCUT2D eigenvalue weighted by molar-refractivity contribution is -0.154. The summed E-state index contributed by atoms with van der Waals surface area (Å²) >= 11 is 0. The molecule has 92 valence electrons. The van der Waals surface area contributed by atoms with Crippen LogP contribution >= 0.6 is 0 Å². The molecule has 2 rings (SSSR count). The highest BCUT2D eigenvalue weighted by Gasteiger charge is 2.33. The first-order valence-electron chi connectivity index (χ1n) is 5.65. The van der Waals surface area contributed by atoms with E-state index in [-0.39, 0.29) is 12.1 Å². The van der Waals surface area contributed by atoms with Gasteiger partial charge >= 0.3 is 5.97 Å². The Bertz CT molecular complexity index is 357. The second-order valence-corrected chi connectivity index (χ2v) is 3.90. The fourth-order valence-corrected chi connectivity index (χ4v) is 1.99. The van der Waals surface area contributed by atoms with Crippen molar-refractivity contribution in [1.29, 1.82) is 0 Å². The Morgan fingerprint density at radius 2 is 2.12 bits per heavy atom. The monoisotopic (exact) mass is 236 g/mol. The molecule has 0 bridgehead atoms. The number of rotatable bonds is 3. The Hall–Kier alpha value is -1.39. The van der Waals surface area contributed by atoms with Gasteiger partial charge in [-0.15, -0.1) is 0 Å². The van der Waals surface area contributed by atoms with Crippen molar-refractivity contribution in [2.75, 3.05) is 26.9 Å². The third-order valence-corrected chi connectivity index (χ3v) is 2.83. The smallest absolute Gasteiger partial charge is 0.315 e. The molecule has 1 aromatic rings. The van der Waals surface area contributed by atoms with E-state index < -0.39 is 5.92 Å².